The number of ether oxygens (including phenoxy) is 1. The van der Waals surface area contributed by atoms with Crippen molar-refractivity contribution in [2.75, 3.05) is 7.11 Å². The quantitative estimate of drug-likeness (QED) is 0.780. The first-order valence-corrected chi connectivity index (χ1v) is 6.89. The van der Waals surface area contributed by atoms with Gasteiger partial charge in [0.25, 0.3) is 0 Å². The lowest BCUT2D eigenvalue weighted by Crippen LogP contribution is -2.14. The molecule has 0 spiro atoms. The molecule has 0 aliphatic rings. The molecule has 0 saturated heterocycles. The maximum atomic E-state index is 5.22. The number of fused-ring (bicyclic) bond motifs is 1. The van der Waals surface area contributed by atoms with Gasteiger partial charge in [0.1, 0.15) is 5.75 Å². The number of hydrogen-bond donors (Lipinski definition) is 1. The third kappa shape index (κ3) is 3.35. The number of benzene rings is 2. The van der Waals surface area contributed by atoms with Crippen LogP contribution in [0.4, 0.5) is 0 Å². The largest absolute Gasteiger partial charge is 0.497 e. The molecule has 106 valence electrons. The van der Waals surface area contributed by atoms with E-state index in [0.717, 1.165) is 29.0 Å². The fraction of sp³-hybridized carbons (Fsp3) is 0.176. The van der Waals surface area contributed by atoms with Crippen LogP contribution in [0.5, 0.6) is 5.75 Å². The van der Waals surface area contributed by atoms with Gasteiger partial charge in [-0.3, -0.25) is 4.98 Å². The van der Waals surface area contributed by atoms with E-state index in [1.165, 1.54) is 5.56 Å². The topological polar surface area (TPSA) is 47.0 Å². The summed E-state index contributed by atoms with van der Waals surface area (Å²) in [6.45, 7) is 1.46. The molecule has 3 aromatic rings. The van der Waals surface area contributed by atoms with Crippen molar-refractivity contribution in [2.24, 2.45) is 0 Å². The van der Waals surface area contributed by atoms with Crippen LogP contribution in [0.1, 0.15) is 11.3 Å². The smallest absolute Gasteiger partial charge is 0.119 e. The molecule has 1 N–H and O–H groups in total. The SMILES string of the molecule is COc1cccc(CNCc2cnc3ccccc3n2)c1. The number of para-hydroxylation sites is 2. The molecule has 0 radical (unpaired) electrons. The van der Waals surface area contributed by atoms with Crippen molar-refractivity contribution in [3.05, 3.63) is 66.0 Å². The van der Waals surface area contributed by atoms with Gasteiger partial charge in [-0.05, 0) is 29.8 Å². The third-order valence-electron chi connectivity index (χ3n) is 3.27. The number of aromatic nitrogens is 2. The molecular weight excluding hydrogens is 262 g/mol. The molecular formula is C17H17N3O. The van der Waals surface area contributed by atoms with E-state index < -0.39 is 0 Å². The number of hydrogen-bond acceptors (Lipinski definition) is 4. The molecule has 0 aliphatic heterocycles. The van der Waals surface area contributed by atoms with Gasteiger partial charge in [-0.2, -0.15) is 0 Å². The van der Waals surface area contributed by atoms with Crippen molar-refractivity contribution in [3.8, 4) is 5.75 Å². The summed E-state index contributed by atoms with van der Waals surface area (Å²) < 4.78 is 5.22. The lowest BCUT2D eigenvalue weighted by atomic mass is 10.2. The molecule has 21 heavy (non-hydrogen) atoms. The first kappa shape index (κ1) is 13.5. The Balaban J connectivity index is 1.63. The van der Waals surface area contributed by atoms with E-state index >= 15 is 0 Å². The molecule has 1 aromatic heterocycles. The van der Waals surface area contributed by atoms with Gasteiger partial charge in [0, 0.05) is 13.1 Å². The van der Waals surface area contributed by atoms with Gasteiger partial charge in [-0.25, -0.2) is 4.98 Å². The minimum atomic E-state index is 0.690. The van der Waals surface area contributed by atoms with Crippen LogP contribution in [0.2, 0.25) is 0 Å². The van der Waals surface area contributed by atoms with E-state index in [1.807, 2.05) is 48.7 Å². The monoisotopic (exact) mass is 279 g/mol. The highest BCUT2D eigenvalue weighted by Gasteiger charge is 2.00. The van der Waals surface area contributed by atoms with E-state index in [-0.39, 0.29) is 0 Å². The second-order valence-corrected chi connectivity index (χ2v) is 4.81. The highest BCUT2D eigenvalue weighted by atomic mass is 16.5. The molecule has 2 aromatic carbocycles. The van der Waals surface area contributed by atoms with Gasteiger partial charge in [0.15, 0.2) is 0 Å². The summed E-state index contributed by atoms with van der Waals surface area (Å²) in [6.07, 6.45) is 1.82. The second-order valence-electron chi connectivity index (χ2n) is 4.81. The van der Waals surface area contributed by atoms with Gasteiger partial charge in [-0.15, -0.1) is 0 Å². The summed E-state index contributed by atoms with van der Waals surface area (Å²) in [5.74, 6) is 0.875. The summed E-state index contributed by atoms with van der Waals surface area (Å²) in [7, 11) is 1.68. The lowest BCUT2D eigenvalue weighted by Gasteiger charge is -2.07. The zero-order chi connectivity index (χ0) is 14.5. The van der Waals surface area contributed by atoms with E-state index in [2.05, 4.69) is 21.4 Å². The molecule has 1 heterocycles. The second kappa shape index (κ2) is 6.33. The number of rotatable bonds is 5. The van der Waals surface area contributed by atoms with Crippen LogP contribution in [0.25, 0.3) is 11.0 Å². The molecule has 4 nitrogen and oxygen atoms in total. The Bertz CT molecular complexity index is 743. The predicted molar refractivity (Wildman–Crippen MR) is 83.1 cm³/mol. The van der Waals surface area contributed by atoms with Crippen molar-refractivity contribution in [3.63, 3.8) is 0 Å². The number of nitrogens with zero attached hydrogens (tertiary/aromatic N) is 2. The number of methoxy groups -OCH3 is 1. The fourth-order valence-corrected chi connectivity index (χ4v) is 2.20. The molecule has 0 amide bonds. The Morgan fingerprint density at radius 3 is 2.71 bits per heavy atom. The maximum absolute atomic E-state index is 5.22. The number of nitrogens with one attached hydrogen (secondary N) is 1. The van der Waals surface area contributed by atoms with E-state index in [1.54, 1.807) is 7.11 Å². The Kier molecular flexibility index (Phi) is 4.07. The molecule has 0 saturated carbocycles. The summed E-state index contributed by atoms with van der Waals surface area (Å²) >= 11 is 0. The molecule has 0 aliphatic carbocycles. The lowest BCUT2D eigenvalue weighted by molar-refractivity contribution is 0.414. The summed E-state index contributed by atoms with van der Waals surface area (Å²) in [6, 6.07) is 15.9. The standard InChI is InChI=1S/C17H17N3O/c1-21-15-6-4-5-13(9-15)10-18-11-14-12-19-16-7-2-3-8-17(16)20-14/h2-9,12,18H,10-11H2,1H3. The Morgan fingerprint density at radius 2 is 1.86 bits per heavy atom. The summed E-state index contributed by atoms with van der Waals surface area (Å²) in [5.41, 5.74) is 3.98. The average Bonchev–Trinajstić information content (AvgIpc) is 2.55. The van der Waals surface area contributed by atoms with Crippen LogP contribution >= 0.6 is 0 Å². The van der Waals surface area contributed by atoms with Crippen molar-refractivity contribution >= 4 is 11.0 Å². The predicted octanol–water partition coefficient (Wildman–Crippen LogP) is 2.93. The molecule has 4 heteroatoms. The maximum Gasteiger partial charge on any atom is 0.119 e. The van der Waals surface area contributed by atoms with Gasteiger partial charge in [0.05, 0.1) is 30.0 Å². The Labute approximate surface area is 123 Å². The Morgan fingerprint density at radius 1 is 1.00 bits per heavy atom. The summed E-state index contributed by atoms with van der Waals surface area (Å²) in [4.78, 5) is 9.00. The summed E-state index contributed by atoms with van der Waals surface area (Å²) in [5, 5.41) is 3.38. The minimum absolute atomic E-state index is 0.690. The van der Waals surface area contributed by atoms with Gasteiger partial charge in [0.2, 0.25) is 0 Å². The molecule has 0 fully saturated rings. The third-order valence-corrected chi connectivity index (χ3v) is 3.27. The van der Waals surface area contributed by atoms with Crippen molar-refractivity contribution < 1.29 is 4.74 Å². The van der Waals surface area contributed by atoms with Gasteiger partial charge < -0.3 is 10.1 Å². The van der Waals surface area contributed by atoms with Crippen LogP contribution in [0.3, 0.4) is 0 Å². The van der Waals surface area contributed by atoms with E-state index in [9.17, 15) is 0 Å². The van der Waals surface area contributed by atoms with Gasteiger partial charge >= 0.3 is 0 Å². The zero-order valence-electron chi connectivity index (χ0n) is 11.9. The fourth-order valence-electron chi connectivity index (χ4n) is 2.20. The molecule has 0 unspecified atom stereocenters. The first-order chi connectivity index (χ1) is 10.3. The highest BCUT2D eigenvalue weighted by molar-refractivity contribution is 5.73. The van der Waals surface area contributed by atoms with Crippen molar-refractivity contribution in [1.29, 1.82) is 0 Å². The normalized spacial score (nSPS) is 10.7. The van der Waals surface area contributed by atoms with Crippen LogP contribution in [0, 0.1) is 0 Å². The first-order valence-electron chi connectivity index (χ1n) is 6.89. The van der Waals surface area contributed by atoms with Crippen LogP contribution < -0.4 is 10.1 Å². The Hall–Kier alpha value is -2.46. The van der Waals surface area contributed by atoms with Crippen LogP contribution in [-0.4, -0.2) is 17.1 Å². The molecule has 0 bridgehead atoms. The zero-order valence-corrected chi connectivity index (χ0v) is 11.9. The van der Waals surface area contributed by atoms with Crippen LogP contribution in [0.15, 0.2) is 54.7 Å². The minimum Gasteiger partial charge on any atom is -0.497 e. The van der Waals surface area contributed by atoms with Crippen molar-refractivity contribution in [1.82, 2.24) is 15.3 Å². The van der Waals surface area contributed by atoms with Gasteiger partial charge in [-0.1, -0.05) is 24.3 Å². The van der Waals surface area contributed by atoms with Crippen molar-refractivity contribution in [2.45, 2.75) is 13.1 Å². The molecule has 0 atom stereocenters. The average molecular weight is 279 g/mol. The van der Waals surface area contributed by atoms with E-state index in [4.69, 9.17) is 4.74 Å². The highest BCUT2D eigenvalue weighted by Crippen LogP contribution is 2.12. The molecule has 3 rings (SSSR count). The van der Waals surface area contributed by atoms with Crippen LogP contribution in [-0.2, 0) is 13.1 Å². The van der Waals surface area contributed by atoms with E-state index in [0.29, 0.717) is 6.54 Å².